The summed E-state index contributed by atoms with van der Waals surface area (Å²) in [6, 6.07) is 8.86. The summed E-state index contributed by atoms with van der Waals surface area (Å²) in [7, 11) is -1.25. The molecule has 0 fully saturated rings. The lowest BCUT2D eigenvalue weighted by atomic mass is 10.0. The highest BCUT2D eigenvalue weighted by molar-refractivity contribution is 7.98. The Morgan fingerprint density at radius 2 is 2.00 bits per heavy atom. The monoisotopic (exact) mass is 519 g/mol. The van der Waals surface area contributed by atoms with E-state index in [4.69, 9.17) is 9.84 Å². The van der Waals surface area contributed by atoms with Gasteiger partial charge in [-0.25, -0.2) is 23.5 Å². The van der Waals surface area contributed by atoms with Gasteiger partial charge < -0.3 is 24.6 Å². The average molecular weight is 520 g/mol. The predicted molar refractivity (Wildman–Crippen MR) is 137 cm³/mol. The summed E-state index contributed by atoms with van der Waals surface area (Å²) in [4.78, 5) is 21.7. The molecule has 3 heterocycles. The van der Waals surface area contributed by atoms with E-state index in [-0.39, 0.29) is 22.9 Å². The van der Waals surface area contributed by atoms with Crippen molar-refractivity contribution in [1.29, 1.82) is 0 Å². The molecule has 4 rings (SSSR count). The van der Waals surface area contributed by atoms with Crippen LogP contribution in [0.1, 0.15) is 18.4 Å². The zero-order valence-electron chi connectivity index (χ0n) is 19.8. The standard InChI is InChI=1S/C24H27F2N5O4S/c1-31-7-3-4-8-35-20-11-16(25)5-6-17(20)18-12-21(27-13-19(18)26)28-22-9-15(10-23(31)29-22)14-36(2,34)30-24(32)33/h5-6,9-13,36H,3-4,7-8,14H2,1-2H3,(H,30,34)(H,32,33)(H,27,28,29). The number of amides is 1. The molecule has 0 unspecified atom stereocenters. The molecule has 2 aromatic heterocycles. The third kappa shape index (κ3) is 6.32. The number of pyridine rings is 2. The molecule has 9 nitrogen and oxygen atoms in total. The number of anilines is 3. The molecular formula is C24H27F2N5O4S. The van der Waals surface area contributed by atoms with Crippen molar-refractivity contribution in [3.63, 3.8) is 0 Å². The van der Waals surface area contributed by atoms with Gasteiger partial charge in [0.1, 0.15) is 34.8 Å². The Morgan fingerprint density at radius 1 is 1.19 bits per heavy atom. The summed E-state index contributed by atoms with van der Waals surface area (Å²) >= 11 is 0. The molecule has 0 radical (unpaired) electrons. The van der Waals surface area contributed by atoms with Crippen LogP contribution in [0.25, 0.3) is 11.1 Å². The predicted octanol–water partition coefficient (Wildman–Crippen LogP) is 5.12. The van der Waals surface area contributed by atoms with Gasteiger partial charge in [0.05, 0.1) is 12.8 Å². The van der Waals surface area contributed by atoms with Crippen LogP contribution in [0.4, 0.5) is 31.0 Å². The Labute approximate surface area is 208 Å². The van der Waals surface area contributed by atoms with Gasteiger partial charge >= 0.3 is 6.09 Å². The molecule has 0 aliphatic carbocycles. The van der Waals surface area contributed by atoms with Gasteiger partial charge in [-0.3, -0.25) is 0 Å². The lowest BCUT2D eigenvalue weighted by Crippen LogP contribution is -2.21. The van der Waals surface area contributed by atoms with Crippen LogP contribution in [0.5, 0.6) is 5.75 Å². The number of hydrogen-bond donors (Lipinski definition) is 4. The van der Waals surface area contributed by atoms with E-state index in [1.807, 2.05) is 11.9 Å². The minimum absolute atomic E-state index is 0.0339. The number of nitrogens with zero attached hydrogens (tertiary/aromatic N) is 4. The second-order valence-electron chi connectivity index (χ2n) is 8.64. The third-order valence-electron chi connectivity index (χ3n) is 5.54. The molecular weight excluding hydrogens is 492 g/mol. The molecule has 192 valence electrons. The molecule has 4 bridgehead atoms. The van der Waals surface area contributed by atoms with E-state index in [1.54, 1.807) is 12.1 Å². The number of benzene rings is 1. The van der Waals surface area contributed by atoms with Crippen LogP contribution in [-0.4, -0.2) is 52.2 Å². The summed E-state index contributed by atoms with van der Waals surface area (Å²) in [6.07, 6.45) is 2.45. The summed E-state index contributed by atoms with van der Waals surface area (Å²) in [5.74, 6) is 0.441. The maximum atomic E-state index is 14.8. The summed E-state index contributed by atoms with van der Waals surface area (Å²) in [5, 5.41) is 12.1. The van der Waals surface area contributed by atoms with Crippen LogP contribution < -0.4 is 15.0 Å². The van der Waals surface area contributed by atoms with Crippen molar-refractivity contribution in [2.24, 2.45) is 4.36 Å². The van der Waals surface area contributed by atoms with Crippen LogP contribution in [0.3, 0.4) is 0 Å². The Morgan fingerprint density at radius 3 is 2.78 bits per heavy atom. The second-order valence-corrected chi connectivity index (χ2v) is 11.3. The Balaban J connectivity index is 1.79. The van der Waals surface area contributed by atoms with Gasteiger partial charge in [-0.2, -0.15) is 4.36 Å². The molecule has 1 aliphatic rings. The largest absolute Gasteiger partial charge is 0.493 e. The van der Waals surface area contributed by atoms with Crippen molar-refractivity contribution in [2.45, 2.75) is 18.6 Å². The van der Waals surface area contributed by atoms with Crippen LogP contribution in [0, 0.1) is 11.6 Å². The number of thiol groups is 1. The van der Waals surface area contributed by atoms with Gasteiger partial charge in [0.25, 0.3) is 0 Å². The first-order valence-corrected chi connectivity index (χ1v) is 13.5. The van der Waals surface area contributed by atoms with Crippen molar-refractivity contribution in [3.05, 3.63) is 59.8 Å². The number of nitrogens with one attached hydrogen (secondary N) is 1. The summed E-state index contributed by atoms with van der Waals surface area (Å²) < 4.78 is 48.6. The lowest BCUT2D eigenvalue weighted by Gasteiger charge is -2.22. The summed E-state index contributed by atoms with van der Waals surface area (Å²) in [6.45, 7) is 0.936. The molecule has 12 heteroatoms. The molecule has 36 heavy (non-hydrogen) atoms. The van der Waals surface area contributed by atoms with E-state index in [9.17, 15) is 18.1 Å². The molecule has 0 saturated carbocycles. The molecule has 1 aromatic carbocycles. The Kier molecular flexibility index (Phi) is 7.45. The number of halogens is 2. The number of hydrogen-bond acceptors (Lipinski definition) is 6. The molecule has 0 spiro atoms. The van der Waals surface area contributed by atoms with E-state index in [2.05, 4.69) is 19.6 Å². The fraction of sp³-hybridized carbons (Fsp3) is 0.292. The van der Waals surface area contributed by atoms with Gasteiger partial charge in [0, 0.05) is 36.5 Å². The third-order valence-corrected chi connectivity index (χ3v) is 7.10. The van der Waals surface area contributed by atoms with Crippen LogP contribution in [0.2, 0.25) is 0 Å². The number of ether oxygens (including phenoxy) is 1. The van der Waals surface area contributed by atoms with Gasteiger partial charge in [-0.05, 0) is 55.0 Å². The Bertz CT molecular complexity index is 1350. The molecule has 1 amide bonds. The van der Waals surface area contributed by atoms with Crippen LogP contribution in [0.15, 0.2) is 47.0 Å². The zero-order chi connectivity index (χ0) is 25.9. The summed E-state index contributed by atoms with van der Waals surface area (Å²) in [5.41, 5.74) is 1.21. The number of carboxylic acid groups (broad SMARTS) is 1. The van der Waals surface area contributed by atoms with Crippen molar-refractivity contribution in [2.75, 3.05) is 36.7 Å². The minimum Gasteiger partial charge on any atom is -0.493 e. The number of carbonyl (C=O) groups is 1. The topological polar surface area (TPSA) is 120 Å². The van der Waals surface area contributed by atoms with Crippen LogP contribution >= 0.6 is 0 Å². The minimum atomic E-state index is -3.11. The van der Waals surface area contributed by atoms with E-state index < -0.39 is 27.8 Å². The van der Waals surface area contributed by atoms with Gasteiger partial charge in [-0.15, -0.1) is 0 Å². The van der Waals surface area contributed by atoms with E-state index in [0.29, 0.717) is 42.3 Å². The molecule has 1 aliphatic heterocycles. The van der Waals surface area contributed by atoms with E-state index >= 15 is 0 Å². The number of fused-ring (bicyclic) bond motifs is 6. The van der Waals surface area contributed by atoms with Crippen molar-refractivity contribution in [3.8, 4) is 16.9 Å². The SMILES string of the molecule is CN1CCCCOc2cc(F)ccc2-c2cc(ncc2F)Nc2cc(C[SH](C)(O)=NC(=O)O)cc1n2. The normalized spacial score (nSPS) is 14.4. The number of aromatic nitrogens is 2. The quantitative estimate of drug-likeness (QED) is 0.344. The van der Waals surface area contributed by atoms with Crippen LogP contribution in [-0.2, 0) is 15.9 Å². The highest BCUT2D eigenvalue weighted by Crippen LogP contribution is 2.34. The average Bonchev–Trinajstić information content (AvgIpc) is 2.78. The smallest absolute Gasteiger partial charge is 0.437 e. The Hall–Kier alpha value is -3.64. The molecule has 0 saturated heterocycles. The maximum Gasteiger partial charge on any atom is 0.437 e. The van der Waals surface area contributed by atoms with Gasteiger partial charge in [0.15, 0.2) is 0 Å². The molecule has 3 aromatic rings. The second kappa shape index (κ2) is 10.5. The first kappa shape index (κ1) is 25.5. The van der Waals surface area contributed by atoms with E-state index in [0.717, 1.165) is 12.6 Å². The van der Waals surface area contributed by atoms with Gasteiger partial charge in [0.2, 0.25) is 0 Å². The first-order chi connectivity index (χ1) is 17.1. The van der Waals surface area contributed by atoms with Gasteiger partial charge in [-0.1, -0.05) is 10.1 Å². The van der Waals surface area contributed by atoms with Crippen molar-refractivity contribution in [1.82, 2.24) is 9.97 Å². The number of rotatable bonds is 2. The fourth-order valence-electron chi connectivity index (χ4n) is 3.92. The molecule has 3 N–H and O–H groups in total. The highest BCUT2D eigenvalue weighted by Gasteiger charge is 2.17. The maximum absolute atomic E-state index is 14.8. The lowest BCUT2D eigenvalue weighted by molar-refractivity contribution is 0.206. The van der Waals surface area contributed by atoms with Crippen molar-refractivity contribution < 1.29 is 28.0 Å². The molecule has 0 atom stereocenters. The fourth-order valence-corrected chi connectivity index (χ4v) is 5.23. The van der Waals surface area contributed by atoms with E-state index in [1.165, 1.54) is 30.5 Å². The first-order valence-electron chi connectivity index (χ1n) is 11.2. The van der Waals surface area contributed by atoms with Crippen molar-refractivity contribution >= 4 is 33.7 Å². The highest BCUT2D eigenvalue weighted by atomic mass is 32.3. The zero-order valence-corrected chi connectivity index (χ0v) is 20.7.